The van der Waals surface area contributed by atoms with Gasteiger partial charge in [0.05, 0.1) is 10.9 Å². The highest BCUT2D eigenvalue weighted by Crippen LogP contribution is 2.37. The normalized spacial score (nSPS) is 24.7. The highest BCUT2D eigenvalue weighted by molar-refractivity contribution is 5.90. The summed E-state index contributed by atoms with van der Waals surface area (Å²) in [7, 11) is 0. The summed E-state index contributed by atoms with van der Waals surface area (Å²) in [6, 6.07) is 0.384. The van der Waals surface area contributed by atoms with Gasteiger partial charge in [0.15, 0.2) is 0 Å². The van der Waals surface area contributed by atoms with E-state index >= 15 is 0 Å². The zero-order chi connectivity index (χ0) is 17.2. The lowest BCUT2D eigenvalue weighted by molar-refractivity contribution is 0.185. The van der Waals surface area contributed by atoms with Crippen molar-refractivity contribution in [2.45, 2.75) is 63.3 Å². The van der Waals surface area contributed by atoms with Crippen LogP contribution in [-0.2, 0) is 0 Å². The molecule has 0 atom stereocenters. The Labute approximate surface area is 148 Å². The zero-order valence-electron chi connectivity index (χ0n) is 14.6. The van der Waals surface area contributed by atoms with Crippen molar-refractivity contribution in [3.8, 4) is 0 Å². The van der Waals surface area contributed by atoms with Gasteiger partial charge < -0.3 is 16.2 Å². The molecule has 0 aromatic carbocycles. The van der Waals surface area contributed by atoms with E-state index in [1.54, 1.807) is 0 Å². The molecule has 2 aromatic heterocycles. The number of hydrogen-bond donors (Lipinski definition) is 3. The van der Waals surface area contributed by atoms with Crippen molar-refractivity contribution in [2.75, 3.05) is 17.7 Å². The van der Waals surface area contributed by atoms with Gasteiger partial charge in [-0.05, 0) is 50.4 Å². The molecule has 134 valence electrons. The molecule has 25 heavy (non-hydrogen) atoms. The number of nitrogens with two attached hydrogens (primary N) is 1. The monoisotopic (exact) mass is 341 g/mol. The topological polar surface area (TPSA) is 97.0 Å². The summed E-state index contributed by atoms with van der Waals surface area (Å²) >= 11 is 0. The first-order valence-electron chi connectivity index (χ1n) is 9.53. The van der Waals surface area contributed by atoms with Crippen LogP contribution < -0.4 is 11.1 Å². The van der Waals surface area contributed by atoms with E-state index in [2.05, 4.69) is 15.3 Å². The van der Waals surface area contributed by atoms with Gasteiger partial charge in [0, 0.05) is 30.6 Å². The number of rotatable bonds is 4. The fraction of sp³-hybridized carbons (Fsp3) is 0.632. The van der Waals surface area contributed by atoms with Gasteiger partial charge in [-0.1, -0.05) is 12.8 Å². The van der Waals surface area contributed by atoms with Crippen molar-refractivity contribution in [1.29, 1.82) is 0 Å². The summed E-state index contributed by atoms with van der Waals surface area (Å²) in [4.78, 5) is 13.7. The molecule has 2 heterocycles. The number of aromatic nitrogens is 3. The van der Waals surface area contributed by atoms with E-state index < -0.39 is 0 Å². The second-order valence-electron chi connectivity index (χ2n) is 7.58. The molecule has 4 N–H and O–H groups in total. The predicted molar refractivity (Wildman–Crippen MR) is 99.4 cm³/mol. The third kappa shape index (κ3) is 3.40. The first kappa shape index (κ1) is 16.5. The van der Waals surface area contributed by atoms with E-state index in [-0.39, 0.29) is 0 Å². The average Bonchev–Trinajstić information content (AvgIpc) is 3.17. The lowest BCUT2D eigenvalue weighted by atomic mass is 9.87. The van der Waals surface area contributed by atoms with Gasteiger partial charge in [-0.15, -0.1) is 0 Å². The van der Waals surface area contributed by atoms with Crippen molar-refractivity contribution in [3.63, 3.8) is 0 Å². The summed E-state index contributed by atoms with van der Waals surface area (Å²) in [5.74, 6) is 2.19. The Kier molecular flexibility index (Phi) is 4.70. The zero-order valence-corrected chi connectivity index (χ0v) is 14.6. The van der Waals surface area contributed by atoms with Crippen molar-refractivity contribution >= 4 is 22.7 Å². The fourth-order valence-electron chi connectivity index (χ4n) is 4.34. The van der Waals surface area contributed by atoms with Crippen LogP contribution in [-0.4, -0.2) is 32.7 Å². The predicted octanol–water partition coefficient (Wildman–Crippen LogP) is 3.23. The molecule has 6 nitrogen and oxygen atoms in total. The molecule has 2 saturated carbocycles. The number of pyridine rings is 1. The Morgan fingerprint density at radius 1 is 1.04 bits per heavy atom. The Morgan fingerprint density at radius 3 is 2.52 bits per heavy atom. The van der Waals surface area contributed by atoms with E-state index in [1.807, 2.05) is 12.4 Å². The van der Waals surface area contributed by atoms with E-state index in [9.17, 15) is 5.11 Å². The van der Waals surface area contributed by atoms with Crippen LogP contribution in [0.3, 0.4) is 0 Å². The molecule has 0 unspecified atom stereocenters. The van der Waals surface area contributed by atoms with Gasteiger partial charge in [0.2, 0.25) is 5.95 Å². The van der Waals surface area contributed by atoms with Gasteiger partial charge in [-0.3, -0.25) is 0 Å². The standard InChI is InChI=1S/C19H27N5O/c20-18-16-10-22-19(23-14-7-5-12(11-25)6-8-14)24-17(16)15(9-21-18)13-3-1-2-4-13/h9-10,12-14,25H,1-8,11H2,(H2,20,21)(H,22,23,24)/t12-,14-. The molecule has 2 aromatic rings. The van der Waals surface area contributed by atoms with Crippen LogP contribution in [0.4, 0.5) is 11.8 Å². The number of aliphatic hydroxyl groups excluding tert-OH is 1. The molecular formula is C19H27N5O. The smallest absolute Gasteiger partial charge is 0.223 e. The number of fused-ring (bicyclic) bond motifs is 1. The van der Waals surface area contributed by atoms with Gasteiger partial charge in [-0.25, -0.2) is 15.0 Å². The maximum Gasteiger partial charge on any atom is 0.223 e. The van der Waals surface area contributed by atoms with Gasteiger partial charge >= 0.3 is 0 Å². The second kappa shape index (κ2) is 7.12. The van der Waals surface area contributed by atoms with Crippen molar-refractivity contribution < 1.29 is 5.11 Å². The average molecular weight is 341 g/mol. The van der Waals surface area contributed by atoms with Crippen LogP contribution in [0.15, 0.2) is 12.4 Å². The quantitative estimate of drug-likeness (QED) is 0.790. The van der Waals surface area contributed by atoms with E-state index in [0.717, 1.165) is 36.6 Å². The molecule has 0 bridgehead atoms. The number of anilines is 2. The molecule has 0 saturated heterocycles. The minimum Gasteiger partial charge on any atom is -0.396 e. The second-order valence-corrected chi connectivity index (χ2v) is 7.58. The number of nitrogens with one attached hydrogen (secondary N) is 1. The maximum absolute atomic E-state index is 9.28. The molecule has 6 heteroatoms. The Balaban J connectivity index is 1.59. The number of nitrogens with zero attached hydrogens (tertiary/aromatic N) is 3. The summed E-state index contributed by atoms with van der Waals surface area (Å²) < 4.78 is 0. The molecule has 4 rings (SSSR count). The largest absolute Gasteiger partial charge is 0.396 e. The van der Waals surface area contributed by atoms with Gasteiger partial charge in [-0.2, -0.15) is 0 Å². The van der Waals surface area contributed by atoms with E-state index in [1.165, 1.54) is 31.2 Å². The highest BCUT2D eigenvalue weighted by atomic mass is 16.3. The molecule has 2 fully saturated rings. The Bertz CT molecular complexity index is 736. The fourth-order valence-corrected chi connectivity index (χ4v) is 4.34. The minimum absolute atomic E-state index is 0.302. The number of aliphatic hydroxyl groups is 1. The van der Waals surface area contributed by atoms with Crippen LogP contribution in [0.1, 0.15) is 62.8 Å². The van der Waals surface area contributed by atoms with Gasteiger partial charge in [0.1, 0.15) is 5.82 Å². The SMILES string of the molecule is Nc1ncc(C2CCCC2)c2nc(N[C@H]3CC[C@H](CO)CC3)ncc12. The molecule has 0 aliphatic heterocycles. The van der Waals surface area contributed by atoms with Crippen molar-refractivity contribution in [1.82, 2.24) is 15.0 Å². The van der Waals surface area contributed by atoms with Crippen LogP contribution in [0.5, 0.6) is 0 Å². The molecule has 0 spiro atoms. The third-order valence-corrected chi connectivity index (χ3v) is 5.91. The lowest BCUT2D eigenvalue weighted by Gasteiger charge is -2.28. The molecule has 0 radical (unpaired) electrons. The van der Waals surface area contributed by atoms with E-state index in [4.69, 9.17) is 10.7 Å². The summed E-state index contributed by atoms with van der Waals surface area (Å²) in [5, 5.41) is 13.6. The minimum atomic E-state index is 0.302. The van der Waals surface area contributed by atoms with Crippen molar-refractivity contribution in [2.24, 2.45) is 5.92 Å². The molecule has 2 aliphatic carbocycles. The summed E-state index contributed by atoms with van der Waals surface area (Å²) in [5.41, 5.74) is 8.23. The maximum atomic E-state index is 9.28. The van der Waals surface area contributed by atoms with Crippen molar-refractivity contribution in [3.05, 3.63) is 18.0 Å². The summed E-state index contributed by atoms with van der Waals surface area (Å²) in [6.45, 7) is 0.302. The van der Waals surface area contributed by atoms with Crippen LogP contribution in [0.25, 0.3) is 10.9 Å². The van der Waals surface area contributed by atoms with Gasteiger partial charge in [0.25, 0.3) is 0 Å². The van der Waals surface area contributed by atoms with Crippen LogP contribution in [0.2, 0.25) is 0 Å². The molecular weight excluding hydrogens is 314 g/mol. The van der Waals surface area contributed by atoms with E-state index in [0.29, 0.717) is 36.3 Å². The summed E-state index contributed by atoms with van der Waals surface area (Å²) in [6.07, 6.45) is 12.9. The highest BCUT2D eigenvalue weighted by Gasteiger charge is 2.23. The Morgan fingerprint density at radius 2 is 1.80 bits per heavy atom. The third-order valence-electron chi connectivity index (χ3n) is 5.91. The molecule has 0 amide bonds. The first-order valence-corrected chi connectivity index (χ1v) is 9.53. The lowest BCUT2D eigenvalue weighted by Crippen LogP contribution is -2.28. The number of hydrogen-bond acceptors (Lipinski definition) is 6. The molecule has 2 aliphatic rings. The van der Waals surface area contributed by atoms with Crippen LogP contribution >= 0.6 is 0 Å². The number of nitrogen functional groups attached to an aromatic ring is 1. The van der Waals surface area contributed by atoms with Crippen LogP contribution in [0, 0.1) is 5.92 Å². The Hall–Kier alpha value is -1.95. The first-order chi connectivity index (χ1) is 12.2.